The zero-order valence-corrected chi connectivity index (χ0v) is 9.71. The van der Waals surface area contributed by atoms with E-state index in [0.29, 0.717) is 5.41 Å². The first-order valence-corrected chi connectivity index (χ1v) is 6.22. The maximum absolute atomic E-state index is 9.40. The molecule has 15 heavy (non-hydrogen) atoms. The number of fused-ring (bicyclic) bond motifs is 1. The van der Waals surface area contributed by atoms with Crippen LogP contribution >= 0.6 is 0 Å². The molecule has 0 saturated heterocycles. The van der Waals surface area contributed by atoms with E-state index in [1.165, 1.54) is 24.8 Å². The summed E-state index contributed by atoms with van der Waals surface area (Å²) < 4.78 is 0. The van der Waals surface area contributed by atoms with E-state index in [-0.39, 0.29) is 5.41 Å². The summed E-state index contributed by atoms with van der Waals surface area (Å²) in [7, 11) is 0. The summed E-state index contributed by atoms with van der Waals surface area (Å²) in [6.07, 6.45) is 8.47. The normalized spacial score (nSPS) is 39.4. The number of allylic oxidation sites excluding steroid dienone is 2. The molecule has 0 spiro atoms. The molecule has 4 aliphatic carbocycles. The van der Waals surface area contributed by atoms with Crippen molar-refractivity contribution < 1.29 is 0 Å². The number of hydrogen-bond donors (Lipinski definition) is 0. The smallest absolute Gasteiger partial charge is 0.0785 e. The quantitative estimate of drug-likeness (QED) is 0.594. The van der Waals surface area contributed by atoms with E-state index in [0.717, 1.165) is 24.7 Å². The summed E-state index contributed by atoms with van der Waals surface area (Å²) in [6, 6.07) is 2.61. The first-order chi connectivity index (χ1) is 7.10. The molecule has 0 radical (unpaired) electrons. The molecular weight excluding hydrogens is 182 g/mol. The van der Waals surface area contributed by atoms with Crippen LogP contribution in [0, 0.1) is 34.0 Å². The average Bonchev–Trinajstić information content (AvgIpc) is 2.17. The van der Waals surface area contributed by atoms with E-state index in [1.807, 2.05) is 0 Å². The molecule has 2 unspecified atom stereocenters. The monoisotopic (exact) mass is 201 g/mol. The average molecular weight is 201 g/mol. The summed E-state index contributed by atoms with van der Waals surface area (Å²) >= 11 is 0. The van der Waals surface area contributed by atoms with Gasteiger partial charge in [-0.15, -0.1) is 0 Å². The van der Waals surface area contributed by atoms with Crippen molar-refractivity contribution in [2.24, 2.45) is 22.7 Å². The van der Waals surface area contributed by atoms with Gasteiger partial charge in [-0.2, -0.15) is 5.26 Å². The number of nitriles is 1. The topological polar surface area (TPSA) is 23.8 Å². The lowest BCUT2D eigenvalue weighted by molar-refractivity contribution is -0.0239. The van der Waals surface area contributed by atoms with Gasteiger partial charge in [0.15, 0.2) is 0 Å². The van der Waals surface area contributed by atoms with Gasteiger partial charge in [0.25, 0.3) is 0 Å². The van der Waals surface area contributed by atoms with Gasteiger partial charge in [-0.3, -0.25) is 0 Å². The molecular formula is C14H19N. The zero-order chi connectivity index (χ0) is 10.7. The van der Waals surface area contributed by atoms with Crippen molar-refractivity contribution in [3.8, 4) is 6.07 Å². The fourth-order valence-corrected chi connectivity index (χ4v) is 3.88. The van der Waals surface area contributed by atoms with Crippen LogP contribution in [0.1, 0.15) is 46.0 Å². The number of nitrogens with zero attached hydrogens (tertiary/aromatic N) is 1. The van der Waals surface area contributed by atoms with Gasteiger partial charge in [0.2, 0.25) is 0 Å². The summed E-state index contributed by atoms with van der Waals surface area (Å²) in [4.78, 5) is 0. The van der Waals surface area contributed by atoms with Crippen LogP contribution in [-0.2, 0) is 0 Å². The highest BCUT2D eigenvalue weighted by atomic mass is 14.6. The molecule has 0 N–H and O–H groups in total. The fraction of sp³-hybridized carbons (Fsp3) is 0.786. The molecule has 0 aliphatic heterocycles. The van der Waals surface area contributed by atoms with Crippen LogP contribution in [0.2, 0.25) is 0 Å². The molecule has 2 saturated carbocycles. The molecule has 1 heteroatoms. The van der Waals surface area contributed by atoms with Crippen molar-refractivity contribution in [1.82, 2.24) is 0 Å². The van der Waals surface area contributed by atoms with E-state index in [4.69, 9.17) is 0 Å². The van der Waals surface area contributed by atoms with Crippen molar-refractivity contribution in [3.63, 3.8) is 0 Å². The van der Waals surface area contributed by atoms with E-state index >= 15 is 0 Å². The van der Waals surface area contributed by atoms with Crippen LogP contribution in [0.4, 0.5) is 0 Å². The molecule has 0 aromatic carbocycles. The Kier molecular flexibility index (Phi) is 1.68. The lowest BCUT2D eigenvalue weighted by Crippen LogP contribution is -2.52. The molecule has 0 amide bonds. The van der Waals surface area contributed by atoms with E-state index < -0.39 is 0 Å². The maximum atomic E-state index is 9.40. The van der Waals surface area contributed by atoms with Crippen molar-refractivity contribution >= 4 is 0 Å². The van der Waals surface area contributed by atoms with Crippen LogP contribution < -0.4 is 0 Å². The Balaban J connectivity index is 1.95. The van der Waals surface area contributed by atoms with Crippen molar-refractivity contribution in [2.75, 3.05) is 0 Å². The minimum Gasteiger partial charge on any atom is -0.197 e. The second-order valence-corrected chi connectivity index (χ2v) is 6.25. The third kappa shape index (κ3) is 0.982. The van der Waals surface area contributed by atoms with Crippen molar-refractivity contribution in [2.45, 2.75) is 46.0 Å². The van der Waals surface area contributed by atoms with Gasteiger partial charge in [-0.25, -0.2) is 0 Å². The molecule has 0 heterocycles. The zero-order valence-electron chi connectivity index (χ0n) is 9.71. The molecule has 4 rings (SSSR count). The molecule has 4 aliphatic rings. The Morgan fingerprint density at radius 1 is 1.40 bits per heavy atom. The van der Waals surface area contributed by atoms with Gasteiger partial charge < -0.3 is 0 Å². The lowest BCUT2D eigenvalue weighted by atomic mass is 9.44. The molecule has 0 aromatic rings. The molecule has 2 bridgehead atoms. The Labute approximate surface area is 92.2 Å². The van der Waals surface area contributed by atoms with Gasteiger partial charge in [-0.05, 0) is 49.4 Å². The third-order valence-corrected chi connectivity index (χ3v) is 5.44. The maximum Gasteiger partial charge on any atom is 0.0785 e. The van der Waals surface area contributed by atoms with Crippen molar-refractivity contribution in [1.29, 1.82) is 5.26 Å². The standard InChI is InChI=1S/C14H19N/c1-13(2)10-4-5-11(12(13)8-10)14(9-15)6-3-7-14/h5,10,12H,3-4,6-8H2,1-2H3. The van der Waals surface area contributed by atoms with Crippen LogP contribution in [0.25, 0.3) is 0 Å². The highest BCUT2D eigenvalue weighted by Crippen LogP contribution is 2.65. The lowest BCUT2D eigenvalue weighted by Gasteiger charge is -2.60. The van der Waals surface area contributed by atoms with Gasteiger partial charge in [0, 0.05) is 0 Å². The predicted molar refractivity (Wildman–Crippen MR) is 60.0 cm³/mol. The highest BCUT2D eigenvalue weighted by molar-refractivity contribution is 5.35. The Hall–Kier alpha value is -0.770. The van der Waals surface area contributed by atoms with Crippen LogP contribution in [0.5, 0.6) is 0 Å². The molecule has 0 aromatic heterocycles. The van der Waals surface area contributed by atoms with E-state index in [2.05, 4.69) is 26.0 Å². The first kappa shape index (κ1) is 9.46. The molecule has 80 valence electrons. The minimum atomic E-state index is -0.0344. The third-order valence-electron chi connectivity index (χ3n) is 5.44. The summed E-state index contributed by atoms with van der Waals surface area (Å²) in [6.45, 7) is 4.78. The molecule has 2 atom stereocenters. The van der Waals surface area contributed by atoms with Gasteiger partial charge in [-0.1, -0.05) is 25.5 Å². The minimum absolute atomic E-state index is 0.0344. The van der Waals surface area contributed by atoms with Crippen LogP contribution in [0.15, 0.2) is 11.6 Å². The van der Waals surface area contributed by atoms with Gasteiger partial charge in [0.1, 0.15) is 0 Å². The number of rotatable bonds is 1. The van der Waals surface area contributed by atoms with Crippen LogP contribution in [-0.4, -0.2) is 0 Å². The molecule has 2 fully saturated rings. The Morgan fingerprint density at radius 2 is 2.13 bits per heavy atom. The van der Waals surface area contributed by atoms with Crippen molar-refractivity contribution in [3.05, 3.63) is 11.6 Å². The Morgan fingerprint density at radius 3 is 2.53 bits per heavy atom. The predicted octanol–water partition coefficient (Wildman–Crippen LogP) is 3.67. The summed E-state index contributed by atoms with van der Waals surface area (Å²) in [5.74, 6) is 1.61. The van der Waals surface area contributed by atoms with Gasteiger partial charge in [0.05, 0.1) is 11.5 Å². The largest absolute Gasteiger partial charge is 0.197 e. The van der Waals surface area contributed by atoms with E-state index in [1.54, 1.807) is 0 Å². The summed E-state index contributed by atoms with van der Waals surface area (Å²) in [5.41, 5.74) is 1.96. The van der Waals surface area contributed by atoms with Crippen LogP contribution in [0.3, 0.4) is 0 Å². The highest BCUT2D eigenvalue weighted by Gasteiger charge is 2.56. The first-order valence-electron chi connectivity index (χ1n) is 6.22. The summed E-state index contributed by atoms with van der Waals surface area (Å²) in [5, 5.41) is 9.40. The second kappa shape index (κ2) is 2.67. The Bertz CT molecular complexity index is 365. The van der Waals surface area contributed by atoms with Gasteiger partial charge >= 0.3 is 0 Å². The number of hydrogen-bond acceptors (Lipinski definition) is 1. The SMILES string of the molecule is CC1(C)C2CC=C(C3(C#N)CCC3)C1C2. The van der Waals surface area contributed by atoms with E-state index in [9.17, 15) is 5.26 Å². The fourth-order valence-electron chi connectivity index (χ4n) is 3.88. The second-order valence-electron chi connectivity index (χ2n) is 6.25. The molecule has 1 nitrogen and oxygen atoms in total.